The lowest BCUT2D eigenvalue weighted by Gasteiger charge is -2.13. The number of hydrogen-bond acceptors (Lipinski definition) is 4. The number of fused-ring (bicyclic) bond motifs is 1. The van der Waals surface area contributed by atoms with Gasteiger partial charge in [0.2, 0.25) is 0 Å². The Bertz CT molecular complexity index is 887. The highest BCUT2D eigenvalue weighted by Gasteiger charge is 2.22. The molecule has 0 amide bonds. The molecule has 0 saturated carbocycles. The van der Waals surface area contributed by atoms with Crippen molar-refractivity contribution in [2.75, 3.05) is 7.11 Å². The highest BCUT2D eigenvalue weighted by atomic mass is 19.1. The first-order valence-electron chi connectivity index (χ1n) is 6.29. The molecular weight excluding hydrogens is 289 g/mol. The zero-order valence-corrected chi connectivity index (χ0v) is 11.5. The Balaban J connectivity index is 2.43. The number of halogens is 2. The molecule has 0 bridgehead atoms. The number of hydrogen-bond donors (Lipinski definition) is 1. The molecule has 108 valence electrons. The van der Waals surface area contributed by atoms with Gasteiger partial charge in [-0.1, -0.05) is 17.6 Å². The molecule has 3 aromatic rings. The van der Waals surface area contributed by atoms with E-state index in [4.69, 9.17) is 12.6 Å². The fourth-order valence-electron chi connectivity index (χ4n) is 2.26. The third kappa shape index (κ3) is 2.06. The Labute approximate surface area is 125 Å². The van der Waals surface area contributed by atoms with E-state index in [1.807, 2.05) is 0 Å². The molecule has 2 radical (unpaired) electrons. The minimum Gasteiger partial charge on any atom is -0.505 e. The van der Waals surface area contributed by atoms with E-state index in [1.165, 1.54) is 31.6 Å². The molecule has 0 unspecified atom stereocenters. The molecule has 0 atom stereocenters. The van der Waals surface area contributed by atoms with Crippen LogP contribution in [0.25, 0.3) is 22.2 Å². The molecule has 0 aliphatic heterocycles. The summed E-state index contributed by atoms with van der Waals surface area (Å²) in [7, 11) is 7.02. The van der Waals surface area contributed by atoms with Gasteiger partial charge in [-0.05, 0) is 0 Å². The fourth-order valence-corrected chi connectivity index (χ4v) is 2.26. The third-order valence-electron chi connectivity index (χ3n) is 3.29. The molecule has 0 aliphatic carbocycles. The molecule has 0 aliphatic rings. The lowest BCUT2D eigenvalue weighted by atomic mass is 9.90. The van der Waals surface area contributed by atoms with Gasteiger partial charge >= 0.3 is 0 Å². The summed E-state index contributed by atoms with van der Waals surface area (Å²) in [5, 5.41) is 9.64. The van der Waals surface area contributed by atoms with Gasteiger partial charge in [0.15, 0.2) is 23.1 Å². The average molecular weight is 298 g/mol. The fraction of sp³-hybridized carbons (Fsp3) is 0.0667. The summed E-state index contributed by atoms with van der Waals surface area (Å²) in [5.41, 5.74) is 0.567. The molecule has 0 spiro atoms. The van der Waals surface area contributed by atoms with Gasteiger partial charge < -0.3 is 9.84 Å². The van der Waals surface area contributed by atoms with Crippen molar-refractivity contribution in [3.63, 3.8) is 0 Å². The average Bonchev–Trinajstić information content (AvgIpc) is 2.53. The van der Waals surface area contributed by atoms with E-state index in [0.29, 0.717) is 11.0 Å². The quantitative estimate of drug-likeness (QED) is 0.736. The van der Waals surface area contributed by atoms with E-state index in [0.717, 1.165) is 6.07 Å². The summed E-state index contributed by atoms with van der Waals surface area (Å²) in [6, 6.07) is 3.77. The van der Waals surface area contributed by atoms with Crippen LogP contribution in [0, 0.1) is 11.6 Å². The molecule has 22 heavy (non-hydrogen) atoms. The zero-order chi connectivity index (χ0) is 15.9. The van der Waals surface area contributed by atoms with Crippen LogP contribution in [0.1, 0.15) is 0 Å². The first-order chi connectivity index (χ1) is 10.5. The number of aromatic nitrogens is 2. The summed E-state index contributed by atoms with van der Waals surface area (Å²) in [6.07, 6.45) is 2.82. The number of aromatic hydroxyl groups is 1. The zero-order valence-electron chi connectivity index (χ0n) is 11.5. The monoisotopic (exact) mass is 298 g/mol. The van der Waals surface area contributed by atoms with Crippen LogP contribution in [-0.4, -0.2) is 30.0 Å². The Hall–Kier alpha value is -2.70. The Morgan fingerprint density at radius 2 is 1.77 bits per heavy atom. The molecule has 4 nitrogen and oxygen atoms in total. The predicted molar refractivity (Wildman–Crippen MR) is 78.5 cm³/mol. The van der Waals surface area contributed by atoms with Crippen LogP contribution in [0.3, 0.4) is 0 Å². The van der Waals surface area contributed by atoms with Gasteiger partial charge in [-0.15, -0.1) is 0 Å². The van der Waals surface area contributed by atoms with Crippen molar-refractivity contribution in [2.45, 2.75) is 0 Å². The standard InChI is InChI=1S/C15H9BF2N2O2/c1-22-10-6-9(21)12(17)11(13(10)18)7-2-3-8(16)15-14(7)19-4-5-20-15/h2-6,21H,1H3. The van der Waals surface area contributed by atoms with Crippen LogP contribution < -0.4 is 10.2 Å². The second kappa shape index (κ2) is 5.25. The molecule has 1 aromatic heterocycles. The molecule has 3 rings (SSSR count). The number of phenols is 1. The number of ether oxygens (including phenoxy) is 1. The Kier molecular flexibility index (Phi) is 3.40. The predicted octanol–water partition coefficient (Wildman–Crippen LogP) is 2.08. The lowest BCUT2D eigenvalue weighted by molar-refractivity contribution is 0.372. The number of rotatable bonds is 2. The molecule has 0 fully saturated rings. The van der Waals surface area contributed by atoms with E-state index in [9.17, 15) is 13.9 Å². The van der Waals surface area contributed by atoms with E-state index in [1.54, 1.807) is 0 Å². The molecule has 2 aromatic carbocycles. The maximum Gasteiger partial charge on any atom is 0.176 e. The SMILES string of the molecule is [B]c1ccc(-c2c(F)c(O)cc(OC)c2F)c2nccnc12. The minimum absolute atomic E-state index is 0.126. The minimum atomic E-state index is -1.10. The van der Waals surface area contributed by atoms with E-state index in [-0.39, 0.29) is 16.8 Å². The van der Waals surface area contributed by atoms with Gasteiger partial charge in [-0.3, -0.25) is 9.97 Å². The van der Waals surface area contributed by atoms with Crippen LogP contribution in [0.15, 0.2) is 30.6 Å². The van der Waals surface area contributed by atoms with E-state index >= 15 is 0 Å². The summed E-state index contributed by atoms with van der Waals surface area (Å²) in [6.45, 7) is 0. The molecule has 7 heteroatoms. The van der Waals surface area contributed by atoms with Gasteiger partial charge in [0, 0.05) is 24.0 Å². The first-order valence-corrected chi connectivity index (χ1v) is 6.29. The van der Waals surface area contributed by atoms with Gasteiger partial charge in [-0.2, -0.15) is 0 Å². The van der Waals surface area contributed by atoms with Crippen LogP contribution in [0.4, 0.5) is 8.78 Å². The second-order valence-electron chi connectivity index (χ2n) is 4.56. The van der Waals surface area contributed by atoms with Crippen molar-refractivity contribution < 1.29 is 18.6 Å². The van der Waals surface area contributed by atoms with E-state index < -0.39 is 22.9 Å². The lowest BCUT2D eigenvalue weighted by Crippen LogP contribution is -2.07. The number of phenolic OH excluding ortho intramolecular Hbond substituents is 1. The number of benzene rings is 2. The van der Waals surface area contributed by atoms with Gasteiger partial charge in [-0.25, -0.2) is 8.78 Å². The van der Waals surface area contributed by atoms with Crippen LogP contribution in [0.2, 0.25) is 0 Å². The van der Waals surface area contributed by atoms with Crippen molar-refractivity contribution in [1.29, 1.82) is 0 Å². The van der Waals surface area contributed by atoms with E-state index in [2.05, 4.69) is 9.97 Å². The first kappa shape index (κ1) is 14.3. The van der Waals surface area contributed by atoms with Crippen molar-refractivity contribution in [3.8, 4) is 22.6 Å². The molecule has 1 N–H and O–H groups in total. The molecule has 1 heterocycles. The van der Waals surface area contributed by atoms with Crippen molar-refractivity contribution >= 4 is 24.3 Å². The Morgan fingerprint density at radius 1 is 1.09 bits per heavy atom. The van der Waals surface area contributed by atoms with Gasteiger partial charge in [0.05, 0.1) is 23.7 Å². The topological polar surface area (TPSA) is 55.2 Å². The summed E-state index contributed by atoms with van der Waals surface area (Å²) in [4.78, 5) is 8.15. The molecule has 0 saturated heterocycles. The largest absolute Gasteiger partial charge is 0.505 e. The Morgan fingerprint density at radius 3 is 2.45 bits per heavy atom. The number of methoxy groups -OCH3 is 1. The summed E-state index contributed by atoms with van der Waals surface area (Å²) in [5.74, 6) is -3.03. The number of nitrogens with zero attached hydrogens (tertiary/aromatic N) is 2. The maximum absolute atomic E-state index is 14.5. The van der Waals surface area contributed by atoms with Gasteiger partial charge in [0.25, 0.3) is 0 Å². The van der Waals surface area contributed by atoms with Crippen molar-refractivity contribution in [3.05, 3.63) is 42.2 Å². The van der Waals surface area contributed by atoms with Crippen LogP contribution in [0.5, 0.6) is 11.5 Å². The van der Waals surface area contributed by atoms with Gasteiger partial charge in [0.1, 0.15) is 7.85 Å². The van der Waals surface area contributed by atoms with Crippen molar-refractivity contribution in [1.82, 2.24) is 9.97 Å². The van der Waals surface area contributed by atoms with Crippen LogP contribution in [-0.2, 0) is 0 Å². The highest BCUT2D eigenvalue weighted by Crippen LogP contribution is 2.38. The smallest absolute Gasteiger partial charge is 0.176 e. The second-order valence-corrected chi connectivity index (χ2v) is 4.56. The normalized spacial score (nSPS) is 10.9. The maximum atomic E-state index is 14.5. The third-order valence-corrected chi connectivity index (χ3v) is 3.29. The summed E-state index contributed by atoms with van der Waals surface area (Å²) >= 11 is 0. The summed E-state index contributed by atoms with van der Waals surface area (Å²) < 4.78 is 33.6. The molecular formula is C15H9BF2N2O2. The van der Waals surface area contributed by atoms with Crippen LogP contribution >= 0.6 is 0 Å². The van der Waals surface area contributed by atoms with Crippen molar-refractivity contribution in [2.24, 2.45) is 0 Å². The highest BCUT2D eigenvalue weighted by molar-refractivity contribution is 6.38.